The fourth-order valence-corrected chi connectivity index (χ4v) is 9.68. The van der Waals surface area contributed by atoms with E-state index in [1.54, 1.807) is 10.8 Å². The van der Waals surface area contributed by atoms with Crippen LogP contribution in [0.1, 0.15) is 178 Å². The SMILES string of the molecule is C.CCOC(=O)C(C)(C)CCCCC(c1ccccc1Cl)N1CCc2c(ccn2C(=O)OC(C)(C)C)C1.CCOC(=O)C(C)(C)CCCCC(c1ccccc1Cl)[n+]1ccc2c(ccn2C(=O)OC(C)(C)C)c1.[B].[H-].[Na+]. The molecule has 0 saturated heterocycles. The second-order valence-corrected chi connectivity index (χ2v) is 22.8. The Kier molecular flexibility index (Phi) is 26.4. The van der Waals surface area contributed by atoms with E-state index in [4.69, 9.17) is 42.1 Å². The molecule has 16 heteroatoms. The van der Waals surface area contributed by atoms with Crippen LogP contribution in [0.4, 0.5) is 9.59 Å². The average molecular weight is 1080 g/mol. The second kappa shape index (κ2) is 29.6. The van der Waals surface area contributed by atoms with Gasteiger partial charge in [0.2, 0.25) is 0 Å². The van der Waals surface area contributed by atoms with Crippen molar-refractivity contribution in [2.75, 3.05) is 19.8 Å². The molecule has 0 fully saturated rings. The number of benzene rings is 2. The van der Waals surface area contributed by atoms with Crippen LogP contribution in [0.5, 0.6) is 0 Å². The third-order valence-electron chi connectivity index (χ3n) is 13.0. The average Bonchev–Trinajstić information content (AvgIpc) is 3.94. The van der Waals surface area contributed by atoms with Crippen LogP contribution in [0, 0.1) is 10.8 Å². The van der Waals surface area contributed by atoms with Gasteiger partial charge < -0.3 is 20.4 Å². The second-order valence-electron chi connectivity index (χ2n) is 22.0. The van der Waals surface area contributed by atoms with Gasteiger partial charge in [-0.3, -0.25) is 23.6 Å². The molecule has 2 aromatic carbocycles. The van der Waals surface area contributed by atoms with Crippen LogP contribution in [-0.4, -0.2) is 77.5 Å². The molecule has 4 heterocycles. The van der Waals surface area contributed by atoms with Crippen LogP contribution in [0.25, 0.3) is 10.9 Å². The summed E-state index contributed by atoms with van der Waals surface area (Å²) in [6.07, 6.45) is 14.7. The Morgan fingerprint density at radius 3 is 1.68 bits per heavy atom. The molecule has 5 aromatic rings. The number of carbonyl (C=O) groups is 4. The van der Waals surface area contributed by atoms with Gasteiger partial charge >= 0.3 is 53.7 Å². The van der Waals surface area contributed by atoms with Gasteiger partial charge in [0.25, 0.3) is 0 Å². The number of pyridine rings is 1. The Morgan fingerprint density at radius 2 is 1.16 bits per heavy atom. The molecule has 2 unspecified atom stereocenters. The fraction of sp³-hybridized carbons (Fsp3) is 0.542. The van der Waals surface area contributed by atoms with E-state index in [1.165, 1.54) is 4.57 Å². The van der Waals surface area contributed by atoms with Crippen LogP contribution in [-0.2, 0) is 41.5 Å². The molecule has 3 radical (unpaired) electrons. The Hall–Kier alpha value is -4.11. The van der Waals surface area contributed by atoms with E-state index in [-0.39, 0.29) is 76.9 Å². The van der Waals surface area contributed by atoms with Crippen molar-refractivity contribution in [3.05, 3.63) is 124 Å². The molecule has 12 nitrogen and oxygen atoms in total. The molecule has 3 aromatic heterocycles. The van der Waals surface area contributed by atoms with Crippen molar-refractivity contribution in [2.24, 2.45) is 10.8 Å². The zero-order chi connectivity index (χ0) is 53.0. The van der Waals surface area contributed by atoms with Crippen LogP contribution < -0.4 is 34.1 Å². The summed E-state index contributed by atoms with van der Waals surface area (Å²) < 4.78 is 27.0. The van der Waals surface area contributed by atoms with Crippen molar-refractivity contribution in [1.29, 1.82) is 0 Å². The van der Waals surface area contributed by atoms with E-state index in [0.717, 1.165) is 109 Å². The van der Waals surface area contributed by atoms with Crippen LogP contribution in [0.3, 0.4) is 0 Å². The number of rotatable bonds is 18. The summed E-state index contributed by atoms with van der Waals surface area (Å²) in [5, 5.41) is 2.42. The van der Waals surface area contributed by atoms with Crippen molar-refractivity contribution >= 4 is 66.6 Å². The van der Waals surface area contributed by atoms with E-state index in [0.29, 0.717) is 18.2 Å². The first kappa shape index (κ1) is 67.0. The molecule has 0 spiro atoms. The standard InChI is InChI=1S/C29H41ClN2O4.C29H38ClN2O4.CH4.B.Na.H/c2*1-7-35-26(33)29(5,6)17-11-10-14-25(22-12-8-9-13-23(22)30)31-18-16-24-21(20-31)15-19-32(24)27(34)36-28(2,3)4;;;;/h8-9,12-13,15,19,25H,7,10-11,14,16-18,20H2,1-6H3;8-9,12-13,15-16,18-20,25H,7,10-11,14,17H2,1-6H3;1H4;;;/q;+1;;;+1;-1. The number of carbonyl (C=O) groups excluding carboxylic acids is 4. The first-order chi connectivity index (χ1) is 33.9. The topological polar surface area (TPSA) is 122 Å². The third-order valence-corrected chi connectivity index (χ3v) is 13.7. The number of hydrogen-bond donors (Lipinski definition) is 0. The van der Waals surface area contributed by atoms with E-state index in [1.807, 2.05) is 156 Å². The summed E-state index contributed by atoms with van der Waals surface area (Å²) in [7, 11) is 0. The molecule has 0 saturated carbocycles. The maximum Gasteiger partial charge on any atom is 1.00 e. The summed E-state index contributed by atoms with van der Waals surface area (Å²) in [5.41, 5.74) is 3.02. The van der Waals surface area contributed by atoms with Crippen molar-refractivity contribution in [2.45, 2.75) is 178 Å². The van der Waals surface area contributed by atoms with Crippen molar-refractivity contribution in [3.63, 3.8) is 0 Å². The van der Waals surface area contributed by atoms with Gasteiger partial charge in [-0.2, -0.15) is 4.57 Å². The van der Waals surface area contributed by atoms with Gasteiger partial charge in [0.15, 0.2) is 18.4 Å². The van der Waals surface area contributed by atoms with Gasteiger partial charge in [-0.05, 0) is 144 Å². The van der Waals surface area contributed by atoms with Crippen molar-refractivity contribution in [1.82, 2.24) is 14.0 Å². The predicted molar refractivity (Wildman–Crippen MR) is 299 cm³/mol. The predicted octanol–water partition coefficient (Wildman–Crippen LogP) is 11.7. The number of fused-ring (bicyclic) bond motifs is 2. The smallest absolute Gasteiger partial charge is 1.00 e. The van der Waals surface area contributed by atoms with Crippen LogP contribution >= 0.6 is 23.2 Å². The maximum atomic E-state index is 12.7. The van der Waals surface area contributed by atoms with Gasteiger partial charge in [-0.25, -0.2) is 9.59 Å². The molecule has 0 amide bonds. The molecule has 0 N–H and O–H groups in total. The number of aromatic nitrogens is 3. The Morgan fingerprint density at radius 1 is 0.667 bits per heavy atom. The summed E-state index contributed by atoms with van der Waals surface area (Å²) in [6.45, 7) is 25.0. The summed E-state index contributed by atoms with van der Waals surface area (Å²) in [5.74, 6) is -0.285. The van der Waals surface area contributed by atoms with Crippen molar-refractivity contribution < 1.29 is 73.7 Å². The van der Waals surface area contributed by atoms with Crippen LogP contribution in [0.2, 0.25) is 10.0 Å². The Balaban J connectivity index is 0.000000722. The summed E-state index contributed by atoms with van der Waals surface area (Å²) in [6, 6.07) is 22.0. The molecule has 405 valence electrons. The van der Waals surface area contributed by atoms with Gasteiger partial charge in [-0.15, -0.1) is 0 Å². The zero-order valence-corrected chi connectivity index (χ0v) is 49.9. The Labute approximate surface area is 483 Å². The minimum absolute atomic E-state index is 0. The van der Waals surface area contributed by atoms with E-state index in [2.05, 4.69) is 21.6 Å². The number of ether oxygens (including phenoxy) is 4. The number of hydrogen-bond acceptors (Lipinski definition) is 9. The molecule has 75 heavy (non-hydrogen) atoms. The molecule has 0 aliphatic carbocycles. The minimum Gasteiger partial charge on any atom is -1.00 e. The normalized spacial score (nSPS) is 13.6. The zero-order valence-electron chi connectivity index (χ0n) is 47.4. The number of unbranched alkanes of at least 4 members (excludes halogenated alkanes) is 2. The molecular weight excluding hydrogens is 997 g/mol. The molecular formula is C59H84BCl2N4NaO8+. The largest absolute Gasteiger partial charge is 1.00 e. The van der Waals surface area contributed by atoms with Gasteiger partial charge in [0, 0.05) is 75.1 Å². The summed E-state index contributed by atoms with van der Waals surface area (Å²) >= 11 is 13.3. The minimum atomic E-state index is -0.570. The molecule has 2 atom stereocenters. The quantitative estimate of drug-likeness (QED) is 0.0277. The van der Waals surface area contributed by atoms with Gasteiger partial charge in [0.05, 0.1) is 40.0 Å². The van der Waals surface area contributed by atoms with E-state index >= 15 is 0 Å². The first-order valence-electron chi connectivity index (χ1n) is 25.6. The third kappa shape index (κ3) is 19.1. The number of nitrogens with zero attached hydrogens (tertiary/aromatic N) is 4. The molecule has 1 aliphatic rings. The summed E-state index contributed by atoms with van der Waals surface area (Å²) in [4.78, 5) is 52.3. The fourth-order valence-electron chi connectivity index (χ4n) is 9.15. The molecule has 1 aliphatic heterocycles. The number of esters is 2. The number of halogens is 2. The monoisotopic (exact) mass is 1080 g/mol. The first-order valence-corrected chi connectivity index (χ1v) is 26.4. The molecule has 0 bridgehead atoms. The van der Waals surface area contributed by atoms with Gasteiger partial charge in [-0.1, -0.05) is 86.3 Å². The van der Waals surface area contributed by atoms with E-state index < -0.39 is 28.1 Å². The maximum absolute atomic E-state index is 12.7. The van der Waals surface area contributed by atoms with E-state index in [9.17, 15) is 19.2 Å². The van der Waals surface area contributed by atoms with Crippen molar-refractivity contribution in [3.8, 4) is 0 Å². The molecule has 6 rings (SSSR count). The Bertz CT molecular complexity index is 2640. The van der Waals surface area contributed by atoms with Crippen LogP contribution in [0.15, 0.2) is 91.5 Å². The van der Waals surface area contributed by atoms with Gasteiger partial charge in [0.1, 0.15) is 11.2 Å².